The lowest BCUT2D eigenvalue weighted by Gasteiger charge is -2.45. The molecule has 25 heavy (non-hydrogen) atoms. The maximum Gasteiger partial charge on any atom is 0.224 e. The minimum atomic E-state index is 0.119. The Labute approximate surface area is 148 Å². The van der Waals surface area contributed by atoms with E-state index in [1.165, 1.54) is 12.8 Å². The summed E-state index contributed by atoms with van der Waals surface area (Å²) in [6.45, 7) is 5.87. The van der Waals surface area contributed by atoms with Crippen molar-refractivity contribution in [3.8, 4) is 0 Å². The third-order valence-electron chi connectivity index (χ3n) is 5.40. The van der Waals surface area contributed by atoms with Crippen LogP contribution in [0.5, 0.6) is 0 Å². The number of carbonyl (C=O) groups excluding carboxylic acids is 1. The second kappa shape index (κ2) is 6.14. The SMILES string of the molecule is CC(=O)N1c2ccccc2C(Nc2cncc(C)n2)[C@@H](C)C1C1CC1. The van der Waals surface area contributed by atoms with Crippen LogP contribution >= 0.6 is 0 Å². The molecular weight excluding hydrogens is 312 g/mol. The molecule has 5 nitrogen and oxygen atoms in total. The van der Waals surface area contributed by atoms with Crippen molar-refractivity contribution in [3.05, 3.63) is 47.9 Å². The fourth-order valence-electron chi connectivity index (χ4n) is 4.20. The standard InChI is InChI=1S/C20H24N4O/c1-12-10-21-11-18(22-12)23-19-13(2)20(15-8-9-15)24(14(3)25)17-7-5-4-6-16(17)19/h4-7,10-11,13,15,19-20H,8-9H2,1-3H3,(H,22,23)/t13-,19?,20?/m1/s1. The van der Waals surface area contributed by atoms with Gasteiger partial charge in [0.25, 0.3) is 0 Å². The lowest BCUT2D eigenvalue weighted by atomic mass is 9.80. The van der Waals surface area contributed by atoms with Crippen molar-refractivity contribution in [3.63, 3.8) is 0 Å². The monoisotopic (exact) mass is 336 g/mol. The zero-order valence-electron chi connectivity index (χ0n) is 14.9. The Kier molecular flexibility index (Phi) is 3.94. The normalized spacial score (nSPS) is 25.4. The van der Waals surface area contributed by atoms with Crippen LogP contribution in [0.15, 0.2) is 36.7 Å². The summed E-state index contributed by atoms with van der Waals surface area (Å²) in [4.78, 5) is 23.3. The van der Waals surface area contributed by atoms with Crippen LogP contribution in [0.25, 0.3) is 0 Å². The first-order chi connectivity index (χ1) is 12.1. The minimum Gasteiger partial charge on any atom is -0.362 e. The smallest absolute Gasteiger partial charge is 0.224 e. The van der Waals surface area contributed by atoms with Crippen LogP contribution in [-0.4, -0.2) is 21.9 Å². The third kappa shape index (κ3) is 2.88. The third-order valence-corrected chi connectivity index (χ3v) is 5.40. The summed E-state index contributed by atoms with van der Waals surface area (Å²) in [5, 5.41) is 3.59. The van der Waals surface area contributed by atoms with E-state index in [9.17, 15) is 4.79 Å². The Bertz CT molecular complexity index is 802. The fraction of sp³-hybridized carbons (Fsp3) is 0.450. The second-order valence-electron chi connectivity index (χ2n) is 7.30. The molecule has 0 bridgehead atoms. The number of anilines is 2. The van der Waals surface area contributed by atoms with Gasteiger partial charge in [-0.2, -0.15) is 0 Å². The summed E-state index contributed by atoms with van der Waals surface area (Å²) in [7, 11) is 0. The number of nitrogens with zero attached hydrogens (tertiary/aromatic N) is 3. The predicted molar refractivity (Wildman–Crippen MR) is 98.4 cm³/mol. The van der Waals surface area contributed by atoms with Gasteiger partial charge >= 0.3 is 0 Å². The van der Waals surface area contributed by atoms with E-state index in [4.69, 9.17) is 0 Å². The fourth-order valence-corrected chi connectivity index (χ4v) is 4.20. The molecule has 1 aliphatic heterocycles. The Balaban J connectivity index is 1.77. The number of hydrogen-bond donors (Lipinski definition) is 1. The molecule has 1 amide bonds. The summed E-state index contributed by atoms with van der Waals surface area (Å²) in [5.41, 5.74) is 3.08. The molecule has 1 fully saturated rings. The lowest BCUT2D eigenvalue weighted by Crippen LogP contribution is -2.51. The highest BCUT2D eigenvalue weighted by molar-refractivity contribution is 5.94. The van der Waals surface area contributed by atoms with Gasteiger partial charge in [0.2, 0.25) is 5.91 Å². The van der Waals surface area contributed by atoms with Crippen molar-refractivity contribution >= 4 is 17.4 Å². The Morgan fingerprint density at radius 2 is 2.00 bits per heavy atom. The van der Waals surface area contributed by atoms with Crippen molar-refractivity contribution in [2.75, 3.05) is 10.2 Å². The highest BCUT2D eigenvalue weighted by Gasteiger charge is 2.47. The summed E-state index contributed by atoms with van der Waals surface area (Å²) in [6.07, 6.45) is 5.94. The van der Waals surface area contributed by atoms with Crippen molar-refractivity contribution in [1.29, 1.82) is 0 Å². The van der Waals surface area contributed by atoms with Gasteiger partial charge in [-0.3, -0.25) is 9.78 Å². The van der Waals surface area contributed by atoms with E-state index >= 15 is 0 Å². The van der Waals surface area contributed by atoms with E-state index in [2.05, 4.69) is 34.3 Å². The van der Waals surface area contributed by atoms with Crippen LogP contribution in [0, 0.1) is 18.8 Å². The molecule has 1 aromatic carbocycles. The zero-order chi connectivity index (χ0) is 17.6. The first-order valence-corrected chi connectivity index (χ1v) is 9.00. The number of aryl methyl sites for hydroxylation is 1. The van der Waals surface area contributed by atoms with Gasteiger partial charge in [-0.1, -0.05) is 25.1 Å². The predicted octanol–water partition coefficient (Wildman–Crippen LogP) is 3.72. The van der Waals surface area contributed by atoms with Crippen LogP contribution < -0.4 is 10.2 Å². The Hall–Kier alpha value is -2.43. The highest BCUT2D eigenvalue weighted by Crippen LogP contribution is 2.49. The van der Waals surface area contributed by atoms with Gasteiger partial charge < -0.3 is 10.2 Å². The highest BCUT2D eigenvalue weighted by atomic mass is 16.2. The van der Waals surface area contributed by atoms with Crippen molar-refractivity contribution in [2.24, 2.45) is 11.8 Å². The quantitative estimate of drug-likeness (QED) is 0.928. The molecule has 2 heterocycles. The molecule has 2 aromatic rings. The molecular formula is C20H24N4O. The maximum atomic E-state index is 12.4. The number of amides is 1. The summed E-state index contributed by atoms with van der Waals surface area (Å²) < 4.78 is 0. The number of hydrogen-bond acceptors (Lipinski definition) is 4. The van der Waals surface area contributed by atoms with E-state index in [-0.39, 0.29) is 18.0 Å². The zero-order valence-corrected chi connectivity index (χ0v) is 14.9. The first-order valence-electron chi connectivity index (χ1n) is 9.00. The average Bonchev–Trinajstić information content (AvgIpc) is 3.41. The molecule has 0 saturated heterocycles. The molecule has 4 rings (SSSR count). The average molecular weight is 336 g/mol. The number of nitrogens with one attached hydrogen (secondary N) is 1. The van der Waals surface area contributed by atoms with E-state index in [0.717, 1.165) is 22.8 Å². The lowest BCUT2D eigenvalue weighted by molar-refractivity contribution is -0.117. The van der Waals surface area contributed by atoms with Gasteiger partial charge in [0.05, 0.1) is 17.9 Å². The van der Waals surface area contributed by atoms with Gasteiger partial charge in [-0.05, 0) is 37.3 Å². The number of carbonyl (C=O) groups is 1. The molecule has 1 N–H and O–H groups in total. The van der Waals surface area contributed by atoms with Gasteiger partial charge in [-0.15, -0.1) is 0 Å². The molecule has 0 spiro atoms. The number of para-hydroxylation sites is 1. The van der Waals surface area contributed by atoms with Crippen molar-refractivity contribution in [1.82, 2.24) is 9.97 Å². The van der Waals surface area contributed by atoms with Gasteiger partial charge in [0.15, 0.2) is 0 Å². The van der Waals surface area contributed by atoms with E-state index in [0.29, 0.717) is 11.8 Å². The topological polar surface area (TPSA) is 58.1 Å². The van der Waals surface area contributed by atoms with Crippen LogP contribution in [-0.2, 0) is 4.79 Å². The van der Waals surface area contributed by atoms with Crippen molar-refractivity contribution < 1.29 is 4.79 Å². The molecule has 5 heteroatoms. The molecule has 0 radical (unpaired) electrons. The molecule has 1 saturated carbocycles. The summed E-state index contributed by atoms with van der Waals surface area (Å²) in [5.74, 6) is 1.82. The number of aromatic nitrogens is 2. The molecule has 2 unspecified atom stereocenters. The van der Waals surface area contributed by atoms with Gasteiger partial charge in [0.1, 0.15) is 5.82 Å². The number of rotatable bonds is 3. The molecule has 130 valence electrons. The summed E-state index contributed by atoms with van der Waals surface area (Å²) >= 11 is 0. The maximum absolute atomic E-state index is 12.4. The second-order valence-corrected chi connectivity index (χ2v) is 7.30. The molecule has 2 aliphatic rings. The minimum absolute atomic E-state index is 0.119. The van der Waals surface area contributed by atoms with Crippen LogP contribution in [0.4, 0.5) is 11.5 Å². The first kappa shape index (κ1) is 16.1. The largest absolute Gasteiger partial charge is 0.362 e. The van der Waals surface area contributed by atoms with Gasteiger partial charge in [0, 0.05) is 30.8 Å². The number of fused-ring (bicyclic) bond motifs is 1. The van der Waals surface area contributed by atoms with E-state index in [1.54, 1.807) is 19.3 Å². The van der Waals surface area contributed by atoms with Crippen LogP contribution in [0.3, 0.4) is 0 Å². The molecule has 3 atom stereocenters. The van der Waals surface area contributed by atoms with Gasteiger partial charge in [-0.25, -0.2) is 4.98 Å². The molecule has 1 aliphatic carbocycles. The van der Waals surface area contributed by atoms with E-state index in [1.807, 2.05) is 24.0 Å². The summed E-state index contributed by atoms with van der Waals surface area (Å²) in [6, 6.07) is 8.59. The van der Waals surface area contributed by atoms with Crippen LogP contribution in [0.1, 0.15) is 44.0 Å². The Morgan fingerprint density at radius 1 is 1.24 bits per heavy atom. The van der Waals surface area contributed by atoms with Crippen molar-refractivity contribution in [2.45, 2.75) is 45.7 Å². The van der Waals surface area contributed by atoms with E-state index < -0.39 is 0 Å². The van der Waals surface area contributed by atoms with Crippen LogP contribution in [0.2, 0.25) is 0 Å². The molecule has 1 aromatic heterocycles. The Morgan fingerprint density at radius 3 is 2.68 bits per heavy atom. The number of benzene rings is 1.